The zero-order valence-corrected chi connectivity index (χ0v) is 14.6. The Bertz CT molecular complexity index is 903. The number of hydrogen-bond acceptors (Lipinski definition) is 5. The minimum atomic E-state index is -0.440. The fraction of sp³-hybridized carbons (Fsp3) is 0.105. The number of benzene rings is 2. The lowest BCUT2D eigenvalue weighted by atomic mass is 10.1. The molecule has 0 saturated carbocycles. The molecule has 1 saturated heterocycles. The molecule has 1 amide bonds. The molecular weight excluding hydrogens is 336 g/mol. The zero-order chi connectivity index (χ0) is 17.8. The van der Waals surface area contributed by atoms with E-state index in [1.807, 2.05) is 31.2 Å². The molecule has 0 radical (unpaired) electrons. The van der Waals surface area contributed by atoms with Gasteiger partial charge in [-0.15, -0.1) is 0 Å². The second-order valence-corrected chi connectivity index (χ2v) is 6.38. The molecule has 2 aromatic rings. The van der Waals surface area contributed by atoms with Gasteiger partial charge in [0.1, 0.15) is 0 Å². The van der Waals surface area contributed by atoms with Gasteiger partial charge < -0.3 is 10.1 Å². The summed E-state index contributed by atoms with van der Waals surface area (Å²) >= 11 is 1.24. The van der Waals surface area contributed by atoms with E-state index in [4.69, 9.17) is 4.74 Å². The van der Waals surface area contributed by atoms with Gasteiger partial charge in [0, 0.05) is 0 Å². The summed E-state index contributed by atoms with van der Waals surface area (Å²) in [5.74, 6) is -0.679. The standard InChI is InChI=1S/C19H16N2O3S/c1-12-7-3-6-10-15(12)20-19-21-17(22)16(25-19)11-13-8-4-5-9-14(13)18(23)24-2/h3-11H,1-2H3,(H,20,21,22)/b16-11-. The summed E-state index contributed by atoms with van der Waals surface area (Å²) < 4.78 is 4.78. The number of ether oxygens (including phenoxy) is 1. The van der Waals surface area contributed by atoms with Gasteiger partial charge in [0.05, 0.1) is 23.3 Å². The van der Waals surface area contributed by atoms with E-state index < -0.39 is 5.97 Å². The normalized spacial score (nSPS) is 17.0. The summed E-state index contributed by atoms with van der Waals surface area (Å²) in [7, 11) is 1.33. The van der Waals surface area contributed by atoms with Crippen LogP contribution in [0.2, 0.25) is 0 Å². The molecule has 0 atom stereocenters. The third-order valence-electron chi connectivity index (χ3n) is 3.64. The van der Waals surface area contributed by atoms with Gasteiger partial charge in [-0.25, -0.2) is 9.79 Å². The second kappa shape index (κ2) is 7.36. The fourth-order valence-electron chi connectivity index (χ4n) is 2.34. The maximum atomic E-state index is 12.2. The number of carbonyl (C=O) groups excluding carboxylic acids is 2. The number of amides is 1. The number of para-hydroxylation sites is 1. The number of aryl methyl sites for hydroxylation is 1. The van der Waals surface area contributed by atoms with Gasteiger partial charge in [0.15, 0.2) is 5.17 Å². The van der Waals surface area contributed by atoms with Crippen LogP contribution in [0, 0.1) is 6.92 Å². The van der Waals surface area contributed by atoms with Gasteiger partial charge in [-0.1, -0.05) is 36.4 Å². The van der Waals surface area contributed by atoms with Crippen molar-refractivity contribution in [2.24, 2.45) is 4.99 Å². The number of rotatable bonds is 3. The summed E-state index contributed by atoms with van der Waals surface area (Å²) in [4.78, 5) is 29.0. The summed E-state index contributed by atoms with van der Waals surface area (Å²) in [5.41, 5.74) is 2.87. The van der Waals surface area contributed by atoms with Crippen molar-refractivity contribution in [1.29, 1.82) is 0 Å². The monoisotopic (exact) mass is 352 g/mol. The Balaban J connectivity index is 1.90. The Morgan fingerprint density at radius 1 is 1.16 bits per heavy atom. The maximum absolute atomic E-state index is 12.2. The van der Waals surface area contributed by atoms with E-state index in [-0.39, 0.29) is 5.91 Å². The highest BCUT2D eigenvalue weighted by atomic mass is 32.2. The molecule has 0 aliphatic carbocycles. The van der Waals surface area contributed by atoms with E-state index in [0.29, 0.717) is 21.2 Å². The summed E-state index contributed by atoms with van der Waals surface area (Å²) in [6.45, 7) is 1.96. The molecule has 0 aromatic heterocycles. The number of nitrogens with one attached hydrogen (secondary N) is 1. The molecule has 0 unspecified atom stereocenters. The first-order chi connectivity index (χ1) is 12.1. The van der Waals surface area contributed by atoms with Crippen LogP contribution in [0.4, 0.5) is 5.69 Å². The second-order valence-electron chi connectivity index (χ2n) is 5.35. The predicted molar refractivity (Wildman–Crippen MR) is 99.8 cm³/mol. The van der Waals surface area contributed by atoms with Crippen LogP contribution in [0.3, 0.4) is 0 Å². The van der Waals surface area contributed by atoms with E-state index in [2.05, 4.69) is 10.3 Å². The topological polar surface area (TPSA) is 67.8 Å². The summed E-state index contributed by atoms with van der Waals surface area (Å²) in [5, 5.41) is 3.27. The van der Waals surface area contributed by atoms with Crippen LogP contribution >= 0.6 is 11.8 Å². The smallest absolute Gasteiger partial charge is 0.338 e. The van der Waals surface area contributed by atoms with E-state index in [1.165, 1.54) is 18.9 Å². The van der Waals surface area contributed by atoms with Gasteiger partial charge in [0.2, 0.25) is 0 Å². The molecule has 0 spiro atoms. The highest BCUT2D eigenvalue weighted by Crippen LogP contribution is 2.29. The van der Waals surface area contributed by atoms with Crippen molar-refractivity contribution in [2.75, 3.05) is 7.11 Å². The van der Waals surface area contributed by atoms with Gasteiger partial charge in [0.25, 0.3) is 5.91 Å². The minimum Gasteiger partial charge on any atom is -0.465 e. The Morgan fingerprint density at radius 3 is 2.64 bits per heavy atom. The third-order valence-corrected chi connectivity index (χ3v) is 4.55. The Hall–Kier alpha value is -2.86. The molecule has 6 heteroatoms. The van der Waals surface area contributed by atoms with Crippen molar-refractivity contribution in [3.8, 4) is 0 Å². The molecule has 126 valence electrons. The maximum Gasteiger partial charge on any atom is 0.338 e. The highest BCUT2D eigenvalue weighted by Gasteiger charge is 2.24. The van der Waals surface area contributed by atoms with E-state index in [9.17, 15) is 9.59 Å². The number of thioether (sulfide) groups is 1. The van der Waals surface area contributed by atoms with Crippen LogP contribution in [-0.4, -0.2) is 24.2 Å². The zero-order valence-electron chi connectivity index (χ0n) is 13.8. The van der Waals surface area contributed by atoms with Gasteiger partial charge in [-0.2, -0.15) is 0 Å². The minimum absolute atomic E-state index is 0.239. The fourth-order valence-corrected chi connectivity index (χ4v) is 3.16. The van der Waals surface area contributed by atoms with Gasteiger partial charge in [-0.05, 0) is 48.0 Å². The molecule has 1 aliphatic heterocycles. The van der Waals surface area contributed by atoms with Crippen molar-refractivity contribution in [2.45, 2.75) is 6.92 Å². The molecule has 3 rings (SSSR count). The van der Waals surface area contributed by atoms with Crippen molar-refractivity contribution in [1.82, 2.24) is 5.32 Å². The van der Waals surface area contributed by atoms with Gasteiger partial charge >= 0.3 is 5.97 Å². The molecule has 0 bridgehead atoms. The average Bonchev–Trinajstić information content (AvgIpc) is 2.96. The molecule has 1 heterocycles. The molecular formula is C19H16N2O3S. The SMILES string of the molecule is COC(=O)c1ccccc1/C=C1\SC(=Nc2ccccc2C)NC1=O. The van der Waals surface area contributed by atoms with E-state index in [0.717, 1.165) is 11.3 Å². The summed E-state index contributed by atoms with van der Waals surface area (Å²) in [6, 6.07) is 14.7. The lowest BCUT2D eigenvalue weighted by Crippen LogP contribution is -2.19. The quantitative estimate of drug-likeness (QED) is 0.676. The van der Waals surface area contributed by atoms with Crippen LogP contribution in [0.1, 0.15) is 21.5 Å². The molecule has 1 aliphatic rings. The first kappa shape index (κ1) is 17.0. The number of carbonyl (C=O) groups is 2. The van der Waals surface area contributed by atoms with Gasteiger partial charge in [-0.3, -0.25) is 4.79 Å². The Kier molecular flexibility index (Phi) is 5.00. The molecule has 1 N–H and O–H groups in total. The number of nitrogens with zero attached hydrogens (tertiary/aromatic N) is 1. The number of aliphatic imine (C=N–C) groups is 1. The van der Waals surface area contributed by atoms with E-state index >= 15 is 0 Å². The Labute approximate surface area is 149 Å². The lowest BCUT2D eigenvalue weighted by molar-refractivity contribution is -0.115. The molecule has 25 heavy (non-hydrogen) atoms. The van der Waals surface area contributed by atoms with E-state index in [1.54, 1.807) is 30.3 Å². The van der Waals surface area contributed by atoms with Crippen molar-refractivity contribution >= 4 is 40.6 Å². The van der Waals surface area contributed by atoms with Crippen LogP contribution in [-0.2, 0) is 9.53 Å². The average molecular weight is 352 g/mol. The number of amidine groups is 1. The van der Waals surface area contributed by atoms with Crippen LogP contribution < -0.4 is 5.32 Å². The number of hydrogen-bond donors (Lipinski definition) is 1. The lowest BCUT2D eigenvalue weighted by Gasteiger charge is -2.03. The first-order valence-electron chi connectivity index (χ1n) is 7.61. The number of esters is 1. The highest BCUT2D eigenvalue weighted by molar-refractivity contribution is 8.18. The molecule has 1 fully saturated rings. The first-order valence-corrected chi connectivity index (χ1v) is 8.42. The van der Waals surface area contributed by atoms with Crippen LogP contribution in [0.5, 0.6) is 0 Å². The van der Waals surface area contributed by atoms with Crippen molar-refractivity contribution < 1.29 is 14.3 Å². The van der Waals surface area contributed by atoms with Crippen LogP contribution in [0.25, 0.3) is 6.08 Å². The predicted octanol–water partition coefficient (Wildman–Crippen LogP) is 3.67. The molecule has 2 aromatic carbocycles. The third kappa shape index (κ3) is 3.80. The van der Waals surface area contributed by atoms with Crippen molar-refractivity contribution in [3.05, 3.63) is 70.1 Å². The van der Waals surface area contributed by atoms with Crippen LogP contribution in [0.15, 0.2) is 58.4 Å². The Morgan fingerprint density at radius 2 is 1.88 bits per heavy atom. The van der Waals surface area contributed by atoms with Crippen molar-refractivity contribution in [3.63, 3.8) is 0 Å². The number of methoxy groups -OCH3 is 1. The molecule has 5 nitrogen and oxygen atoms in total. The summed E-state index contributed by atoms with van der Waals surface area (Å²) in [6.07, 6.45) is 1.67. The largest absolute Gasteiger partial charge is 0.465 e.